The van der Waals surface area contributed by atoms with E-state index in [1.165, 1.54) is 12.8 Å². The van der Waals surface area contributed by atoms with Crippen LogP contribution < -0.4 is 14.8 Å². The number of ether oxygens (including phenoxy) is 2. The summed E-state index contributed by atoms with van der Waals surface area (Å²) >= 11 is 0. The van der Waals surface area contributed by atoms with Gasteiger partial charge in [-0.3, -0.25) is 4.79 Å². The summed E-state index contributed by atoms with van der Waals surface area (Å²) < 4.78 is 13.4. The Morgan fingerprint density at radius 2 is 1.80 bits per heavy atom. The first-order chi connectivity index (χ1) is 14.7. The van der Waals surface area contributed by atoms with Crippen LogP contribution in [0.3, 0.4) is 0 Å². The van der Waals surface area contributed by atoms with Gasteiger partial charge in [-0.15, -0.1) is 0 Å². The van der Waals surface area contributed by atoms with Crippen molar-refractivity contribution in [3.8, 4) is 22.8 Å². The van der Waals surface area contributed by atoms with Crippen LogP contribution in [0, 0.1) is 0 Å². The highest BCUT2D eigenvalue weighted by molar-refractivity contribution is 6.04. The summed E-state index contributed by atoms with van der Waals surface area (Å²) in [6.07, 6.45) is 5.58. The zero-order chi connectivity index (χ0) is 20.9. The summed E-state index contributed by atoms with van der Waals surface area (Å²) in [6, 6.07) is 13.0. The monoisotopic (exact) mass is 405 g/mol. The molecule has 1 aromatic heterocycles. The van der Waals surface area contributed by atoms with Gasteiger partial charge >= 0.3 is 0 Å². The van der Waals surface area contributed by atoms with E-state index in [-0.39, 0.29) is 5.91 Å². The Hall–Kier alpha value is -3.28. The normalized spacial score (nSPS) is 12.9. The summed E-state index contributed by atoms with van der Waals surface area (Å²) in [5.74, 6) is 2.19. The fraction of sp³-hybridized carbons (Fsp3) is 0.333. The standard InChI is InChI=1S/C24H27N3O3/c1-3-29-21-13-10-18(15-22(21)30-4-2)24(28)25-19-11-8-17(9-12-19)20-16-27-14-6-5-7-23(27)26-20/h8-13,15-16H,3-7,14H2,1-2H3,(H,25,28). The Bertz CT molecular complexity index is 1000. The minimum Gasteiger partial charge on any atom is -0.490 e. The number of fused-ring (bicyclic) bond motifs is 1. The lowest BCUT2D eigenvalue weighted by Crippen LogP contribution is -2.12. The maximum absolute atomic E-state index is 12.7. The second-order valence-corrected chi connectivity index (χ2v) is 7.25. The van der Waals surface area contributed by atoms with E-state index in [9.17, 15) is 4.79 Å². The molecule has 0 bridgehead atoms. The third-order valence-corrected chi connectivity index (χ3v) is 5.15. The Morgan fingerprint density at radius 1 is 1.03 bits per heavy atom. The Labute approximate surface area is 176 Å². The SMILES string of the molecule is CCOc1ccc(C(=O)Nc2ccc(-c3cn4c(n3)CCCC4)cc2)cc1OCC. The molecule has 4 rings (SSSR count). The highest BCUT2D eigenvalue weighted by atomic mass is 16.5. The van der Waals surface area contributed by atoms with E-state index in [4.69, 9.17) is 14.5 Å². The van der Waals surface area contributed by atoms with E-state index in [0.717, 1.165) is 35.7 Å². The van der Waals surface area contributed by atoms with Crippen LogP contribution in [-0.2, 0) is 13.0 Å². The highest BCUT2D eigenvalue weighted by Crippen LogP contribution is 2.29. The molecule has 0 fully saturated rings. The van der Waals surface area contributed by atoms with Crippen molar-refractivity contribution in [1.82, 2.24) is 9.55 Å². The van der Waals surface area contributed by atoms with Crippen molar-refractivity contribution in [2.24, 2.45) is 0 Å². The number of aryl methyl sites for hydroxylation is 2. The van der Waals surface area contributed by atoms with Crippen molar-refractivity contribution >= 4 is 11.6 Å². The number of hydrogen-bond acceptors (Lipinski definition) is 4. The molecule has 156 valence electrons. The number of anilines is 1. The quantitative estimate of drug-likeness (QED) is 0.605. The molecule has 30 heavy (non-hydrogen) atoms. The number of carbonyl (C=O) groups is 1. The van der Waals surface area contributed by atoms with Gasteiger partial charge in [-0.05, 0) is 57.0 Å². The molecule has 6 nitrogen and oxygen atoms in total. The Morgan fingerprint density at radius 3 is 2.53 bits per heavy atom. The lowest BCUT2D eigenvalue weighted by Gasteiger charge is -2.12. The number of nitrogens with zero attached hydrogens (tertiary/aromatic N) is 2. The van der Waals surface area contributed by atoms with E-state index < -0.39 is 0 Å². The highest BCUT2D eigenvalue weighted by Gasteiger charge is 2.14. The van der Waals surface area contributed by atoms with Crippen LogP contribution in [0.15, 0.2) is 48.7 Å². The van der Waals surface area contributed by atoms with Crippen molar-refractivity contribution < 1.29 is 14.3 Å². The van der Waals surface area contributed by atoms with Crippen LogP contribution in [0.1, 0.15) is 42.9 Å². The lowest BCUT2D eigenvalue weighted by molar-refractivity contribution is 0.102. The summed E-state index contributed by atoms with van der Waals surface area (Å²) in [5, 5.41) is 2.95. The molecule has 0 saturated heterocycles. The molecule has 0 atom stereocenters. The molecule has 0 spiro atoms. The largest absolute Gasteiger partial charge is 0.490 e. The molecule has 1 N–H and O–H groups in total. The number of benzene rings is 2. The molecule has 2 aromatic carbocycles. The van der Waals surface area contributed by atoms with E-state index in [1.807, 2.05) is 38.1 Å². The first-order valence-corrected chi connectivity index (χ1v) is 10.6. The van der Waals surface area contributed by atoms with Crippen LogP contribution >= 0.6 is 0 Å². The third-order valence-electron chi connectivity index (χ3n) is 5.15. The van der Waals surface area contributed by atoms with Gasteiger partial charge < -0.3 is 19.4 Å². The molecular weight excluding hydrogens is 378 g/mol. The predicted molar refractivity (Wildman–Crippen MR) is 117 cm³/mol. The number of aromatic nitrogens is 2. The second kappa shape index (κ2) is 9.03. The zero-order valence-electron chi connectivity index (χ0n) is 17.5. The molecular formula is C24H27N3O3. The number of carbonyl (C=O) groups excluding carboxylic acids is 1. The summed E-state index contributed by atoms with van der Waals surface area (Å²) in [5.41, 5.74) is 3.29. The molecule has 1 aliphatic rings. The second-order valence-electron chi connectivity index (χ2n) is 7.25. The molecule has 3 aromatic rings. The van der Waals surface area contributed by atoms with Gasteiger partial charge in [-0.1, -0.05) is 12.1 Å². The van der Waals surface area contributed by atoms with E-state index in [0.29, 0.717) is 30.3 Å². The third kappa shape index (κ3) is 4.32. The molecule has 0 aliphatic carbocycles. The average molecular weight is 405 g/mol. The summed E-state index contributed by atoms with van der Waals surface area (Å²) in [4.78, 5) is 17.5. The Kier molecular flexibility index (Phi) is 6.02. The van der Waals surface area contributed by atoms with Crippen molar-refractivity contribution in [2.75, 3.05) is 18.5 Å². The summed E-state index contributed by atoms with van der Waals surface area (Å²) in [7, 11) is 0. The van der Waals surface area contributed by atoms with Gasteiger partial charge in [0, 0.05) is 36.0 Å². The van der Waals surface area contributed by atoms with Crippen LogP contribution in [0.4, 0.5) is 5.69 Å². The maximum Gasteiger partial charge on any atom is 0.255 e. The Balaban J connectivity index is 1.47. The smallest absolute Gasteiger partial charge is 0.255 e. The number of amides is 1. The fourth-order valence-corrected chi connectivity index (χ4v) is 3.67. The van der Waals surface area contributed by atoms with Gasteiger partial charge in [0.1, 0.15) is 5.82 Å². The van der Waals surface area contributed by atoms with Crippen molar-refractivity contribution in [2.45, 2.75) is 39.7 Å². The lowest BCUT2D eigenvalue weighted by atomic mass is 10.1. The van der Waals surface area contributed by atoms with E-state index in [2.05, 4.69) is 16.1 Å². The predicted octanol–water partition coefficient (Wildman–Crippen LogP) is 4.94. The number of nitrogens with one attached hydrogen (secondary N) is 1. The van der Waals surface area contributed by atoms with Gasteiger partial charge in [0.15, 0.2) is 11.5 Å². The van der Waals surface area contributed by atoms with Crippen LogP contribution in [0.5, 0.6) is 11.5 Å². The van der Waals surface area contributed by atoms with Gasteiger partial charge in [0.05, 0.1) is 18.9 Å². The van der Waals surface area contributed by atoms with Gasteiger partial charge in [0.25, 0.3) is 5.91 Å². The fourth-order valence-electron chi connectivity index (χ4n) is 3.67. The number of hydrogen-bond donors (Lipinski definition) is 1. The molecule has 0 radical (unpaired) electrons. The van der Waals surface area contributed by atoms with Crippen molar-refractivity contribution in [3.63, 3.8) is 0 Å². The van der Waals surface area contributed by atoms with E-state index >= 15 is 0 Å². The number of rotatable bonds is 7. The molecule has 1 aliphatic heterocycles. The molecule has 2 heterocycles. The van der Waals surface area contributed by atoms with Gasteiger partial charge in [0.2, 0.25) is 0 Å². The molecule has 0 unspecified atom stereocenters. The first kappa shape index (κ1) is 20.0. The number of imidazole rings is 1. The van der Waals surface area contributed by atoms with Gasteiger partial charge in [-0.25, -0.2) is 4.98 Å². The van der Waals surface area contributed by atoms with Crippen LogP contribution in [0.2, 0.25) is 0 Å². The minimum atomic E-state index is -0.191. The van der Waals surface area contributed by atoms with Crippen molar-refractivity contribution in [1.29, 1.82) is 0 Å². The molecule has 0 saturated carbocycles. The average Bonchev–Trinajstić information content (AvgIpc) is 3.20. The van der Waals surface area contributed by atoms with E-state index in [1.54, 1.807) is 18.2 Å². The first-order valence-electron chi connectivity index (χ1n) is 10.6. The maximum atomic E-state index is 12.7. The zero-order valence-corrected chi connectivity index (χ0v) is 17.5. The van der Waals surface area contributed by atoms with Crippen LogP contribution in [-0.4, -0.2) is 28.7 Å². The minimum absolute atomic E-state index is 0.191. The van der Waals surface area contributed by atoms with Gasteiger partial charge in [-0.2, -0.15) is 0 Å². The topological polar surface area (TPSA) is 65.4 Å². The molecule has 6 heteroatoms. The summed E-state index contributed by atoms with van der Waals surface area (Å²) in [6.45, 7) is 5.91. The molecule has 1 amide bonds. The van der Waals surface area contributed by atoms with Crippen molar-refractivity contribution in [3.05, 3.63) is 60.0 Å². The van der Waals surface area contributed by atoms with Crippen LogP contribution in [0.25, 0.3) is 11.3 Å².